The minimum absolute atomic E-state index is 0.114. The second-order valence-corrected chi connectivity index (χ2v) is 6.54. The first-order valence-corrected chi connectivity index (χ1v) is 7.14. The van der Waals surface area contributed by atoms with Crippen LogP contribution in [0.25, 0.3) is 0 Å². The maximum atomic E-state index is 6.10. The smallest absolute Gasteiger partial charge is 0.0965 e. The number of nitrogens with one attached hydrogen (secondary N) is 1. The zero-order chi connectivity index (χ0) is 14.8. The van der Waals surface area contributed by atoms with Gasteiger partial charge in [-0.2, -0.15) is 0 Å². The van der Waals surface area contributed by atoms with Crippen LogP contribution in [0.3, 0.4) is 0 Å². The van der Waals surface area contributed by atoms with E-state index in [1.165, 1.54) is 0 Å². The molecule has 1 fully saturated rings. The Morgan fingerprint density at radius 2 is 2.20 bits per heavy atom. The Morgan fingerprint density at radius 1 is 1.45 bits per heavy atom. The van der Waals surface area contributed by atoms with E-state index in [-0.39, 0.29) is 17.2 Å². The Labute approximate surface area is 120 Å². The number of aromatic nitrogens is 3. The van der Waals surface area contributed by atoms with E-state index < -0.39 is 0 Å². The van der Waals surface area contributed by atoms with Crippen molar-refractivity contribution in [3.8, 4) is 0 Å². The van der Waals surface area contributed by atoms with E-state index in [4.69, 9.17) is 9.47 Å². The Kier molecular flexibility index (Phi) is 4.46. The molecule has 0 aromatic carbocycles. The monoisotopic (exact) mass is 282 g/mol. The van der Waals surface area contributed by atoms with Gasteiger partial charge in [0.15, 0.2) is 0 Å². The van der Waals surface area contributed by atoms with Crippen molar-refractivity contribution in [3.05, 3.63) is 11.9 Å². The van der Waals surface area contributed by atoms with Crippen LogP contribution in [0.2, 0.25) is 0 Å². The van der Waals surface area contributed by atoms with Crippen molar-refractivity contribution in [2.75, 3.05) is 20.3 Å². The second kappa shape index (κ2) is 5.79. The Balaban J connectivity index is 1.98. The zero-order valence-corrected chi connectivity index (χ0v) is 13.1. The molecule has 1 aromatic rings. The Hall–Kier alpha value is -0.980. The van der Waals surface area contributed by atoms with Gasteiger partial charge in [0.25, 0.3) is 0 Å². The average Bonchev–Trinajstić information content (AvgIpc) is 2.86. The van der Waals surface area contributed by atoms with Crippen molar-refractivity contribution in [3.63, 3.8) is 0 Å². The van der Waals surface area contributed by atoms with Crippen LogP contribution < -0.4 is 5.32 Å². The van der Waals surface area contributed by atoms with E-state index in [9.17, 15) is 0 Å². The lowest BCUT2D eigenvalue weighted by atomic mass is 9.95. The summed E-state index contributed by atoms with van der Waals surface area (Å²) in [6, 6.07) is 0.220. The number of hydrogen-bond donors (Lipinski definition) is 1. The van der Waals surface area contributed by atoms with Gasteiger partial charge < -0.3 is 14.8 Å². The van der Waals surface area contributed by atoms with Gasteiger partial charge >= 0.3 is 0 Å². The third-order valence-corrected chi connectivity index (χ3v) is 3.69. The lowest BCUT2D eigenvalue weighted by molar-refractivity contribution is -0.0738. The van der Waals surface area contributed by atoms with Crippen LogP contribution in [0, 0.1) is 0 Å². The van der Waals surface area contributed by atoms with Gasteiger partial charge in [-0.15, -0.1) is 5.10 Å². The lowest BCUT2D eigenvalue weighted by Crippen LogP contribution is -2.31. The molecule has 0 aliphatic carbocycles. The summed E-state index contributed by atoms with van der Waals surface area (Å²) in [6.45, 7) is 10.7. The molecular formula is C14H26N4O2. The SMILES string of the molecule is COCCNCc1cn(C2CC(C)(C)OC2(C)C)nn1. The van der Waals surface area contributed by atoms with Gasteiger partial charge in [-0.3, -0.25) is 0 Å². The summed E-state index contributed by atoms with van der Waals surface area (Å²) in [4.78, 5) is 0. The van der Waals surface area contributed by atoms with Crippen LogP contribution in [0.15, 0.2) is 6.20 Å². The van der Waals surface area contributed by atoms with Crippen molar-refractivity contribution in [1.82, 2.24) is 20.3 Å². The fourth-order valence-corrected chi connectivity index (χ4v) is 2.88. The molecule has 114 valence electrons. The molecule has 6 nitrogen and oxygen atoms in total. The highest BCUT2D eigenvalue weighted by Crippen LogP contribution is 2.44. The summed E-state index contributed by atoms with van der Waals surface area (Å²) < 4.78 is 13.0. The second-order valence-electron chi connectivity index (χ2n) is 6.54. The lowest BCUT2D eigenvalue weighted by Gasteiger charge is -2.26. The van der Waals surface area contributed by atoms with Crippen LogP contribution in [0.1, 0.15) is 45.9 Å². The minimum Gasteiger partial charge on any atom is -0.383 e. The van der Waals surface area contributed by atoms with Crippen LogP contribution in [-0.2, 0) is 16.0 Å². The molecule has 1 N–H and O–H groups in total. The first-order chi connectivity index (χ1) is 9.34. The maximum Gasteiger partial charge on any atom is 0.0965 e. The molecule has 6 heteroatoms. The summed E-state index contributed by atoms with van der Waals surface area (Å²) in [5.74, 6) is 0. The van der Waals surface area contributed by atoms with E-state index >= 15 is 0 Å². The van der Waals surface area contributed by atoms with Gasteiger partial charge in [0, 0.05) is 26.6 Å². The quantitative estimate of drug-likeness (QED) is 0.802. The highest BCUT2D eigenvalue weighted by atomic mass is 16.5. The largest absolute Gasteiger partial charge is 0.383 e. The standard InChI is InChI=1S/C14H26N4O2/c1-13(2)8-12(14(3,4)20-13)18-10-11(16-17-18)9-15-6-7-19-5/h10,12,15H,6-9H2,1-5H3. The van der Waals surface area contributed by atoms with Gasteiger partial charge in [-0.1, -0.05) is 5.21 Å². The van der Waals surface area contributed by atoms with E-state index in [0.29, 0.717) is 13.2 Å². The van der Waals surface area contributed by atoms with E-state index in [2.05, 4.69) is 43.3 Å². The van der Waals surface area contributed by atoms with Crippen molar-refractivity contribution >= 4 is 0 Å². The number of rotatable bonds is 6. The van der Waals surface area contributed by atoms with Gasteiger partial charge in [-0.25, -0.2) is 4.68 Å². The Bertz CT molecular complexity index is 442. The number of methoxy groups -OCH3 is 1. The van der Waals surface area contributed by atoms with Crippen molar-refractivity contribution < 1.29 is 9.47 Å². The molecule has 2 heterocycles. The van der Waals surface area contributed by atoms with Gasteiger partial charge in [0.05, 0.1) is 35.7 Å². The average molecular weight is 282 g/mol. The maximum absolute atomic E-state index is 6.10. The fourth-order valence-electron chi connectivity index (χ4n) is 2.88. The number of ether oxygens (including phenoxy) is 2. The van der Waals surface area contributed by atoms with E-state index in [1.54, 1.807) is 7.11 Å². The van der Waals surface area contributed by atoms with Gasteiger partial charge in [0.1, 0.15) is 0 Å². The molecule has 0 radical (unpaired) electrons. The molecule has 1 saturated heterocycles. The summed E-state index contributed by atoms with van der Waals surface area (Å²) in [5.41, 5.74) is 0.608. The first kappa shape index (κ1) is 15.4. The van der Waals surface area contributed by atoms with E-state index in [0.717, 1.165) is 18.7 Å². The van der Waals surface area contributed by atoms with Crippen LogP contribution in [-0.4, -0.2) is 46.5 Å². The molecule has 0 bridgehead atoms. The van der Waals surface area contributed by atoms with Crippen LogP contribution in [0.5, 0.6) is 0 Å². The molecule has 0 amide bonds. The summed E-state index contributed by atoms with van der Waals surface area (Å²) in [6.07, 6.45) is 2.96. The first-order valence-electron chi connectivity index (χ1n) is 7.14. The Morgan fingerprint density at radius 3 is 2.80 bits per heavy atom. The molecule has 20 heavy (non-hydrogen) atoms. The highest BCUT2D eigenvalue weighted by molar-refractivity contribution is 5.01. The summed E-state index contributed by atoms with van der Waals surface area (Å²) >= 11 is 0. The van der Waals surface area contributed by atoms with Crippen LogP contribution >= 0.6 is 0 Å². The van der Waals surface area contributed by atoms with Crippen molar-refractivity contribution in [2.24, 2.45) is 0 Å². The predicted molar refractivity (Wildman–Crippen MR) is 76.5 cm³/mol. The molecule has 0 saturated carbocycles. The molecule has 1 aliphatic rings. The fraction of sp³-hybridized carbons (Fsp3) is 0.857. The topological polar surface area (TPSA) is 61.2 Å². The number of hydrogen-bond acceptors (Lipinski definition) is 5. The predicted octanol–water partition coefficient (Wildman–Crippen LogP) is 1.53. The van der Waals surface area contributed by atoms with Crippen LogP contribution in [0.4, 0.5) is 0 Å². The number of nitrogens with zero attached hydrogens (tertiary/aromatic N) is 3. The van der Waals surface area contributed by atoms with Gasteiger partial charge in [0.2, 0.25) is 0 Å². The molecule has 1 atom stereocenters. The molecule has 1 unspecified atom stereocenters. The zero-order valence-electron chi connectivity index (χ0n) is 13.1. The van der Waals surface area contributed by atoms with Gasteiger partial charge in [-0.05, 0) is 27.7 Å². The van der Waals surface area contributed by atoms with Crippen molar-refractivity contribution in [2.45, 2.75) is 57.9 Å². The normalized spacial score (nSPS) is 24.1. The minimum atomic E-state index is -0.224. The molecule has 2 rings (SSSR count). The summed E-state index contributed by atoms with van der Waals surface area (Å²) in [5, 5.41) is 11.8. The molecule has 0 spiro atoms. The molecule has 1 aromatic heterocycles. The third-order valence-electron chi connectivity index (χ3n) is 3.69. The highest BCUT2D eigenvalue weighted by Gasteiger charge is 2.47. The molecule has 1 aliphatic heterocycles. The molecular weight excluding hydrogens is 256 g/mol. The van der Waals surface area contributed by atoms with E-state index in [1.807, 2.05) is 10.9 Å². The summed E-state index contributed by atoms with van der Waals surface area (Å²) in [7, 11) is 1.70. The third kappa shape index (κ3) is 3.56. The van der Waals surface area contributed by atoms with Crippen molar-refractivity contribution in [1.29, 1.82) is 0 Å².